The van der Waals surface area contributed by atoms with Crippen LogP contribution in [-0.4, -0.2) is 31.9 Å². The smallest absolute Gasteiger partial charge is 0.289 e. The maximum Gasteiger partial charge on any atom is 0.289 e. The molecule has 0 heterocycles. The second kappa shape index (κ2) is 6.88. The first-order chi connectivity index (χ1) is 8.37. The number of aliphatic hydroxyl groups excluding tert-OH is 1. The van der Waals surface area contributed by atoms with Gasteiger partial charge >= 0.3 is 0 Å². The fourth-order valence-electron chi connectivity index (χ4n) is 1.69. The van der Waals surface area contributed by atoms with Gasteiger partial charge in [0, 0.05) is 0 Å². The minimum Gasteiger partial charge on any atom is -0.496 e. The van der Waals surface area contributed by atoms with Crippen molar-refractivity contribution in [2.24, 2.45) is 5.73 Å². The molecule has 110 valence electrons. The minimum atomic E-state index is -3.45. The average molecular weight is 298 g/mol. The Morgan fingerprint density at radius 1 is 1.26 bits per heavy atom. The van der Waals surface area contributed by atoms with Gasteiger partial charge in [0.2, 0.25) is 0 Å². The van der Waals surface area contributed by atoms with Gasteiger partial charge in [-0.2, -0.15) is 0 Å². The number of hydrogen-bond donors (Lipinski definition) is 2. The van der Waals surface area contributed by atoms with Crippen molar-refractivity contribution in [1.82, 2.24) is 0 Å². The number of ether oxygens (including phenoxy) is 2. The van der Waals surface area contributed by atoms with Crippen LogP contribution in [0.25, 0.3) is 0 Å². The van der Waals surface area contributed by atoms with Crippen LogP contribution in [-0.2, 0) is 0 Å². The van der Waals surface area contributed by atoms with Gasteiger partial charge in [-0.1, -0.05) is 0 Å². The number of methoxy groups -OCH3 is 2. The molecule has 1 aromatic carbocycles. The standard InChI is InChI=1S/C12H17F2NO3.ClH/c1-7-4-8(17-2)10(9(5-7)18-3)11(15)12(13,14)6-16;/h4-5,11,16H,6,15H2,1-3H3;1H/t11-;/m1./s1. The van der Waals surface area contributed by atoms with Gasteiger partial charge in [0.05, 0.1) is 19.8 Å². The molecular weight excluding hydrogens is 280 g/mol. The lowest BCUT2D eigenvalue weighted by Crippen LogP contribution is -2.36. The van der Waals surface area contributed by atoms with Crippen LogP contribution < -0.4 is 15.2 Å². The highest BCUT2D eigenvalue weighted by Gasteiger charge is 2.40. The number of benzene rings is 1. The number of aryl methyl sites for hydroxylation is 1. The van der Waals surface area contributed by atoms with Gasteiger partial charge in [-0.3, -0.25) is 0 Å². The largest absolute Gasteiger partial charge is 0.496 e. The molecule has 0 aliphatic rings. The fourth-order valence-corrected chi connectivity index (χ4v) is 1.69. The van der Waals surface area contributed by atoms with Crippen LogP contribution in [0.1, 0.15) is 17.2 Å². The third-order valence-electron chi connectivity index (χ3n) is 2.67. The van der Waals surface area contributed by atoms with E-state index < -0.39 is 18.6 Å². The van der Waals surface area contributed by atoms with Gasteiger partial charge in [-0.05, 0) is 24.6 Å². The number of nitrogens with two attached hydrogens (primary N) is 1. The maximum absolute atomic E-state index is 13.5. The Bertz CT molecular complexity index is 404. The zero-order valence-electron chi connectivity index (χ0n) is 10.9. The van der Waals surface area contributed by atoms with Crippen LogP contribution in [0.4, 0.5) is 8.78 Å². The first kappa shape index (κ1) is 17.9. The van der Waals surface area contributed by atoms with Gasteiger partial charge in [0.25, 0.3) is 5.92 Å². The zero-order chi connectivity index (χ0) is 13.9. The molecule has 0 saturated heterocycles. The first-order valence-electron chi connectivity index (χ1n) is 5.34. The maximum atomic E-state index is 13.5. The molecule has 3 N–H and O–H groups in total. The van der Waals surface area contributed by atoms with E-state index in [9.17, 15) is 8.78 Å². The molecule has 0 fully saturated rings. The molecule has 1 aromatic rings. The second-order valence-electron chi connectivity index (χ2n) is 3.98. The third kappa shape index (κ3) is 3.68. The SMILES string of the molecule is COc1cc(C)cc(OC)c1[C@@H](N)C(F)(F)CO.Cl. The summed E-state index contributed by atoms with van der Waals surface area (Å²) in [6.07, 6.45) is 0. The molecule has 0 unspecified atom stereocenters. The van der Waals surface area contributed by atoms with Gasteiger partial charge in [-0.15, -0.1) is 12.4 Å². The Labute approximate surface area is 116 Å². The average Bonchev–Trinajstić information content (AvgIpc) is 2.36. The number of hydrogen-bond acceptors (Lipinski definition) is 4. The van der Waals surface area contributed by atoms with Gasteiger partial charge < -0.3 is 20.3 Å². The second-order valence-corrected chi connectivity index (χ2v) is 3.98. The highest BCUT2D eigenvalue weighted by Crippen LogP contribution is 2.40. The summed E-state index contributed by atoms with van der Waals surface area (Å²) in [7, 11) is 2.73. The number of rotatable bonds is 5. The van der Waals surface area contributed by atoms with Crippen LogP contribution in [0.3, 0.4) is 0 Å². The number of aliphatic hydroxyl groups is 1. The van der Waals surface area contributed by atoms with Gasteiger partial charge in [-0.25, -0.2) is 8.78 Å². The summed E-state index contributed by atoms with van der Waals surface area (Å²) in [5.74, 6) is -3.02. The quantitative estimate of drug-likeness (QED) is 0.873. The molecule has 0 aromatic heterocycles. The van der Waals surface area contributed by atoms with Crippen LogP contribution >= 0.6 is 12.4 Å². The van der Waals surface area contributed by atoms with Crippen LogP contribution in [0.5, 0.6) is 11.5 Å². The Hall–Kier alpha value is -1.11. The first-order valence-corrected chi connectivity index (χ1v) is 5.34. The van der Waals surface area contributed by atoms with E-state index in [4.69, 9.17) is 20.3 Å². The van der Waals surface area contributed by atoms with E-state index in [2.05, 4.69) is 0 Å². The monoisotopic (exact) mass is 297 g/mol. The normalized spacial score (nSPS) is 12.6. The van der Waals surface area contributed by atoms with Crippen molar-refractivity contribution in [3.05, 3.63) is 23.3 Å². The van der Waals surface area contributed by atoms with Crippen molar-refractivity contribution in [2.75, 3.05) is 20.8 Å². The van der Waals surface area contributed by atoms with E-state index in [-0.39, 0.29) is 29.5 Å². The molecule has 1 rings (SSSR count). The molecule has 0 radical (unpaired) electrons. The van der Waals surface area contributed by atoms with Crippen molar-refractivity contribution >= 4 is 12.4 Å². The van der Waals surface area contributed by atoms with Gasteiger partial charge in [0.1, 0.15) is 24.1 Å². The van der Waals surface area contributed by atoms with E-state index >= 15 is 0 Å². The molecule has 1 atom stereocenters. The fraction of sp³-hybridized carbons (Fsp3) is 0.500. The molecule has 0 aliphatic heterocycles. The molecule has 0 amide bonds. The van der Waals surface area contributed by atoms with E-state index in [1.54, 1.807) is 19.1 Å². The summed E-state index contributed by atoms with van der Waals surface area (Å²) < 4.78 is 37.1. The lowest BCUT2D eigenvalue weighted by Gasteiger charge is -2.25. The summed E-state index contributed by atoms with van der Waals surface area (Å²) >= 11 is 0. The molecule has 0 aliphatic carbocycles. The lowest BCUT2D eigenvalue weighted by molar-refractivity contribution is -0.0719. The van der Waals surface area contributed by atoms with Crippen LogP contribution in [0.2, 0.25) is 0 Å². The molecule has 4 nitrogen and oxygen atoms in total. The van der Waals surface area contributed by atoms with Crippen molar-refractivity contribution in [2.45, 2.75) is 18.9 Å². The van der Waals surface area contributed by atoms with Crippen molar-refractivity contribution < 1.29 is 23.4 Å². The molecule has 7 heteroatoms. The molecular formula is C12H18ClF2NO3. The summed E-state index contributed by atoms with van der Waals surface area (Å²) in [6, 6.07) is 1.48. The Morgan fingerprint density at radius 3 is 2.00 bits per heavy atom. The van der Waals surface area contributed by atoms with Crippen molar-refractivity contribution in [3.8, 4) is 11.5 Å². The van der Waals surface area contributed by atoms with E-state index in [1.165, 1.54) is 14.2 Å². The third-order valence-corrected chi connectivity index (χ3v) is 2.67. The Morgan fingerprint density at radius 2 is 1.68 bits per heavy atom. The topological polar surface area (TPSA) is 64.7 Å². The molecule has 19 heavy (non-hydrogen) atoms. The minimum absolute atomic E-state index is 0. The summed E-state index contributed by atoms with van der Waals surface area (Å²) in [4.78, 5) is 0. The summed E-state index contributed by atoms with van der Waals surface area (Å²) in [5.41, 5.74) is 6.36. The predicted octanol–water partition coefficient (Wildman–Crippen LogP) is 2.06. The van der Waals surface area contributed by atoms with E-state index in [0.717, 1.165) is 5.56 Å². The van der Waals surface area contributed by atoms with E-state index in [1.807, 2.05) is 0 Å². The Kier molecular flexibility index (Phi) is 6.48. The van der Waals surface area contributed by atoms with Crippen molar-refractivity contribution in [3.63, 3.8) is 0 Å². The summed E-state index contributed by atoms with van der Waals surface area (Å²) in [6.45, 7) is 0.443. The van der Waals surface area contributed by atoms with Crippen LogP contribution in [0.15, 0.2) is 12.1 Å². The lowest BCUT2D eigenvalue weighted by atomic mass is 9.98. The van der Waals surface area contributed by atoms with Crippen molar-refractivity contribution in [1.29, 1.82) is 0 Å². The zero-order valence-corrected chi connectivity index (χ0v) is 11.8. The summed E-state index contributed by atoms with van der Waals surface area (Å²) in [5, 5.41) is 8.70. The highest BCUT2D eigenvalue weighted by atomic mass is 35.5. The number of halogens is 3. The van der Waals surface area contributed by atoms with E-state index in [0.29, 0.717) is 0 Å². The predicted molar refractivity (Wildman–Crippen MR) is 70.5 cm³/mol. The molecule has 0 spiro atoms. The molecule has 0 saturated carbocycles. The highest BCUT2D eigenvalue weighted by molar-refractivity contribution is 5.85. The van der Waals surface area contributed by atoms with Gasteiger partial charge in [0.15, 0.2) is 0 Å². The Balaban J connectivity index is 0.00000324. The van der Waals surface area contributed by atoms with Crippen LogP contribution in [0, 0.1) is 6.92 Å². The number of alkyl halides is 2. The molecule has 0 bridgehead atoms.